The van der Waals surface area contributed by atoms with Crippen LogP contribution in [0.15, 0.2) is 0 Å². The van der Waals surface area contributed by atoms with Crippen LogP contribution < -0.4 is 0 Å². The van der Waals surface area contributed by atoms with Gasteiger partial charge in [0.1, 0.15) is 6.42 Å². The number of carboxylic acids is 1. The number of ether oxygens (including phenoxy) is 3. The van der Waals surface area contributed by atoms with Crippen molar-refractivity contribution in [3.8, 4) is 0 Å². The molecule has 0 bridgehead atoms. The smallest absolute Gasteiger partial charge is 0.309 e. The van der Waals surface area contributed by atoms with Gasteiger partial charge in [-0.2, -0.15) is 0 Å². The maximum Gasteiger partial charge on any atom is 0.309 e. The number of aliphatic carboxylic acids is 1. The summed E-state index contributed by atoms with van der Waals surface area (Å²) in [7, 11) is 0. The Balaban J connectivity index is 3.79. The lowest BCUT2D eigenvalue weighted by molar-refractivity contribution is -0.182. The normalized spacial score (nSPS) is 11.6. The monoisotopic (exact) mass is 248 g/mol. The molecule has 0 rings (SSSR count). The fourth-order valence-electron chi connectivity index (χ4n) is 0.952. The molecule has 0 fully saturated rings. The lowest BCUT2D eigenvalue weighted by atomic mass is 10.4. The Morgan fingerprint density at radius 2 is 1.76 bits per heavy atom. The second-order valence-corrected chi connectivity index (χ2v) is 3.20. The van der Waals surface area contributed by atoms with E-state index in [0.717, 1.165) is 6.92 Å². The molecule has 0 aromatic heterocycles. The Labute approximate surface area is 98.6 Å². The molecule has 7 nitrogen and oxygen atoms in total. The summed E-state index contributed by atoms with van der Waals surface area (Å²) in [5.41, 5.74) is 0. The maximum absolute atomic E-state index is 10.6. The predicted molar refractivity (Wildman–Crippen MR) is 55.0 cm³/mol. The van der Waals surface area contributed by atoms with E-state index >= 15 is 0 Å². The van der Waals surface area contributed by atoms with Crippen LogP contribution in [0, 0.1) is 0 Å². The van der Waals surface area contributed by atoms with Crippen LogP contribution in [0.4, 0.5) is 0 Å². The SMILES string of the molecule is CC(=O)OCCCOC(CC(=O)O)OC(C)=O. The van der Waals surface area contributed by atoms with Crippen molar-refractivity contribution in [1.82, 2.24) is 0 Å². The molecule has 0 radical (unpaired) electrons. The number of esters is 2. The molecule has 1 N–H and O–H groups in total. The number of carboxylic acid groups (broad SMARTS) is 1. The molecule has 0 amide bonds. The van der Waals surface area contributed by atoms with Crippen LogP contribution in [0.25, 0.3) is 0 Å². The number of carbonyl (C=O) groups excluding carboxylic acids is 2. The van der Waals surface area contributed by atoms with Crippen molar-refractivity contribution in [1.29, 1.82) is 0 Å². The van der Waals surface area contributed by atoms with Gasteiger partial charge in [0.2, 0.25) is 6.29 Å². The highest BCUT2D eigenvalue weighted by Gasteiger charge is 2.16. The lowest BCUT2D eigenvalue weighted by Gasteiger charge is -2.15. The van der Waals surface area contributed by atoms with Gasteiger partial charge in [-0.05, 0) is 0 Å². The third kappa shape index (κ3) is 10.6. The summed E-state index contributed by atoms with van der Waals surface area (Å²) in [5, 5.41) is 8.53. The van der Waals surface area contributed by atoms with Crippen molar-refractivity contribution in [3.63, 3.8) is 0 Å². The molecule has 1 unspecified atom stereocenters. The van der Waals surface area contributed by atoms with Gasteiger partial charge in [-0.15, -0.1) is 0 Å². The largest absolute Gasteiger partial charge is 0.481 e. The van der Waals surface area contributed by atoms with Crippen LogP contribution in [0.2, 0.25) is 0 Å². The Morgan fingerprint density at radius 3 is 2.24 bits per heavy atom. The average Bonchev–Trinajstić information content (AvgIpc) is 2.14. The van der Waals surface area contributed by atoms with Gasteiger partial charge in [0.15, 0.2) is 0 Å². The molecule has 0 aromatic rings. The zero-order valence-electron chi connectivity index (χ0n) is 9.80. The summed E-state index contributed by atoms with van der Waals surface area (Å²) in [6.45, 7) is 2.76. The minimum absolute atomic E-state index is 0.137. The van der Waals surface area contributed by atoms with Crippen molar-refractivity contribution in [3.05, 3.63) is 0 Å². The molecule has 0 spiro atoms. The first-order valence-corrected chi connectivity index (χ1v) is 5.05. The Bertz CT molecular complexity index is 258. The minimum Gasteiger partial charge on any atom is -0.481 e. The van der Waals surface area contributed by atoms with Gasteiger partial charge in [0, 0.05) is 20.3 Å². The van der Waals surface area contributed by atoms with Crippen LogP contribution in [0.1, 0.15) is 26.7 Å². The third-order valence-electron chi connectivity index (χ3n) is 1.54. The molecular weight excluding hydrogens is 232 g/mol. The number of hydrogen-bond acceptors (Lipinski definition) is 6. The van der Waals surface area contributed by atoms with Crippen LogP contribution in [-0.2, 0) is 28.6 Å². The van der Waals surface area contributed by atoms with Gasteiger partial charge in [-0.1, -0.05) is 0 Å². The van der Waals surface area contributed by atoms with Crippen molar-refractivity contribution in [2.45, 2.75) is 33.0 Å². The Hall–Kier alpha value is -1.63. The van der Waals surface area contributed by atoms with E-state index in [0.29, 0.717) is 6.42 Å². The van der Waals surface area contributed by atoms with Gasteiger partial charge >= 0.3 is 17.9 Å². The standard InChI is InChI=1S/C10H16O7/c1-7(11)15-4-3-5-16-10(6-9(13)14)17-8(2)12/h10H,3-6H2,1-2H3,(H,13,14). The maximum atomic E-state index is 10.6. The van der Waals surface area contributed by atoms with Crippen molar-refractivity contribution >= 4 is 17.9 Å². The van der Waals surface area contributed by atoms with Crippen molar-refractivity contribution < 1.29 is 33.7 Å². The predicted octanol–water partition coefficient (Wildman–Crippen LogP) is 0.320. The van der Waals surface area contributed by atoms with E-state index in [2.05, 4.69) is 9.47 Å². The van der Waals surface area contributed by atoms with Crippen LogP contribution in [0.5, 0.6) is 0 Å². The second kappa shape index (κ2) is 8.51. The summed E-state index contributed by atoms with van der Waals surface area (Å²) in [5.74, 6) is -2.14. The molecule has 0 aliphatic rings. The van der Waals surface area contributed by atoms with E-state index in [-0.39, 0.29) is 13.2 Å². The highest BCUT2D eigenvalue weighted by atomic mass is 16.7. The van der Waals surface area contributed by atoms with Crippen LogP contribution >= 0.6 is 0 Å². The zero-order valence-corrected chi connectivity index (χ0v) is 9.80. The van der Waals surface area contributed by atoms with E-state index < -0.39 is 30.6 Å². The molecule has 7 heteroatoms. The summed E-state index contributed by atoms with van der Waals surface area (Å²) in [6, 6.07) is 0. The molecular formula is C10H16O7. The molecule has 0 saturated carbocycles. The number of carbonyl (C=O) groups is 3. The van der Waals surface area contributed by atoms with Gasteiger partial charge < -0.3 is 19.3 Å². The summed E-state index contributed by atoms with van der Waals surface area (Å²) < 4.78 is 14.3. The van der Waals surface area contributed by atoms with E-state index in [1.54, 1.807) is 0 Å². The Kier molecular flexibility index (Phi) is 7.70. The minimum atomic E-state index is -1.13. The highest BCUT2D eigenvalue weighted by molar-refractivity contribution is 5.69. The molecule has 0 aromatic carbocycles. The number of rotatable bonds is 8. The Morgan fingerprint density at radius 1 is 1.12 bits per heavy atom. The molecule has 0 aliphatic carbocycles. The summed E-state index contributed by atoms with van der Waals surface area (Å²) >= 11 is 0. The van der Waals surface area contributed by atoms with E-state index in [9.17, 15) is 14.4 Å². The molecule has 17 heavy (non-hydrogen) atoms. The van der Waals surface area contributed by atoms with E-state index in [4.69, 9.17) is 9.84 Å². The van der Waals surface area contributed by atoms with Gasteiger partial charge in [0.05, 0.1) is 13.2 Å². The van der Waals surface area contributed by atoms with Crippen LogP contribution in [0.3, 0.4) is 0 Å². The van der Waals surface area contributed by atoms with E-state index in [1.165, 1.54) is 6.92 Å². The van der Waals surface area contributed by atoms with Gasteiger partial charge in [0.25, 0.3) is 0 Å². The first-order chi connectivity index (χ1) is 7.91. The summed E-state index contributed by atoms with van der Waals surface area (Å²) in [6.07, 6.45) is -1.13. The molecule has 1 atom stereocenters. The first-order valence-electron chi connectivity index (χ1n) is 5.05. The molecule has 0 heterocycles. The van der Waals surface area contributed by atoms with Crippen molar-refractivity contribution in [2.75, 3.05) is 13.2 Å². The molecule has 0 aliphatic heterocycles. The second-order valence-electron chi connectivity index (χ2n) is 3.20. The quantitative estimate of drug-likeness (QED) is 0.375. The third-order valence-corrected chi connectivity index (χ3v) is 1.54. The van der Waals surface area contributed by atoms with Crippen LogP contribution in [-0.4, -0.2) is 42.5 Å². The lowest BCUT2D eigenvalue weighted by Crippen LogP contribution is -2.24. The fourth-order valence-corrected chi connectivity index (χ4v) is 0.952. The average molecular weight is 248 g/mol. The van der Waals surface area contributed by atoms with Gasteiger partial charge in [-0.25, -0.2) is 0 Å². The fraction of sp³-hybridized carbons (Fsp3) is 0.700. The summed E-state index contributed by atoms with van der Waals surface area (Å²) in [4.78, 5) is 31.5. The number of hydrogen-bond donors (Lipinski definition) is 1. The zero-order chi connectivity index (χ0) is 13.3. The molecule has 98 valence electrons. The van der Waals surface area contributed by atoms with Crippen molar-refractivity contribution in [2.24, 2.45) is 0 Å². The topological polar surface area (TPSA) is 99.1 Å². The van der Waals surface area contributed by atoms with E-state index in [1.807, 2.05) is 0 Å². The highest BCUT2D eigenvalue weighted by Crippen LogP contribution is 2.03. The van der Waals surface area contributed by atoms with Gasteiger partial charge in [-0.3, -0.25) is 14.4 Å². The molecule has 0 saturated heterocycles. The first kappa shape index (κ1) is 15.4.